The molecule has 18 heavy (non-hydrogen) atoms. The Morgan fingerprint density at radius 2 is 2.06 bits per heavy atom. The maximum Gasteiger partial charge on any atom is 0.419 e. The molecule has 1 aromatic carbocycles. The lowest BCUT2D eigenvalue weighted by Crippen LogP contribution is -2.11. The number of alkyl halides is 3. The van der Waals surface area contributed by atoms with E-state index < -0.39 is 22.9 Å². The van der Waals surface area contributed by atoms with Crippen LogP contribution in [-0.4, -0.2) is 16.7 Å². The molecule has 0 fully saturated rings. The predicted octanol–water partition coefficient (Wildman–Crippen LogP) is 3.06. The van der Waals surface area contributed by atoms with Crippen LogP contribution >= 0.6 is 11.8 Å². The molecule has 0 aromatic heterocycles. The summed E-state index contributed by atoms with van der Waals surface area (Å²) < 4.78 is 51.1. The van der Waals surface area contributed by atoms with Crippen LogP contribution < -0.4 is 0 Å². The zero-order valence-corrected chi connectivity index (χ0v) is 9.69. The van der Waals surface area contributed by atoms with Gasteiger partial charge in [0.1, 0.15) is 11.2 Å². The van der Waals surface area contributed by atoms with E-state index in [1.165, 1.54) is 6.07 Å². The minimum atomic E-state index is -4.72. The second-order valence-electron chi connectivity index (χ2n) is 3.65. The van der Waals surface area contributed by atoms with Gasteiger partial charge >= 0.3 is 6.18 Å². The van der Waals surface area contributed by atoms with E-state index in [9.17, 15) is 22.4 Å². The van der Waals surface area contributed by atoms with E-state index in [0.717, 1.165) is 24.0 Å². The van der Waals surface area contributed by atoms with Gasteiger partial charge in [0.25, 0.3) is 0 Å². The summed E-state index contributed by atoms with van der Waals surface area (Å²) in [5.41, 5.74) is -1.38. The first-order valence-corrected chi connectivity index (χ1v) is 5.84. The normalized spacial score (nSPS) is 19.6. The van der Waals surface area contributed by atoms with Crippen LogP contribution in [0.25, 0.3) is 0 Å². The lowest BCUT2D eigenvalue weighted by atomic mass is 10.1. The van der Waals surface area contributed by atoms with E-state index in [1.807, 2.05) is 0 Å². The number of hydrogen-bond acceptors (Lipinski definition) is 3. The fourth-order valence-electron chi connectivity index (χ4n) is 1.58. The first-order chi connectivity index (χ1) is 8.38. The second-order valence-corrected chi connectivity index (χ2v) is 4.83. The van der Waals surface area contributed by atoms with Crippen LogP contribution in [-0.2, 0) is 17.4 Å². The van der Waals surface area contributed by atoms with Gasteiger partial charge in [-0.05, 0) is 11.6 Å². The quantitative estimate of drug-likeness (QED) is 0.777. The van der Waals surface area contributed by atoms with Crippen LogP contribution in [0.1, 0.15) is 11.1 Å². The smallest absolute Gasteiger partial charge is 0.280 e. The Morgan fingerprint density at radius 1 is 1.33 bits per heavy atom. The van der Waals surface area contributed by atoms with Crippen molar-refractivity contribution >= 4 is 23.1 Å². The summed E-state index contributed by atoms with van der Waals surface area (Å²) in [6, 6.07) is 3.10. The molecule has 7 heteroatoms. The number of halogens is 4. The number of aliphatic imine (C=N–C) groups is 1. The number of hydrogen-bond donors (Lipinski definition) is 0. The van der Waals surface area contributed by atoms with Gasteiger partial charge in [0, 0.05) is 6.42 Å². The number of thioether (sulfide) groups is 1. The molecule has 0 saturated heterocycles. The molecule has 1 atom stereocenters. The largest absolute Gasteiger partial charge is 0.419 e. The van der Waals surface area contributed by atoms with Crippen molar-refractivity contribution in [3.05, 3.63) is 35.1 Å². The number of carbonyl (C=O) groups is 1. The van der Waals surface area contributed by atoms with Crippen LogP contribution in [0.4, 0.5) is 17.6 Å². The third kappa shape index (κ3) is 2.72. The Bertz CT molecular complexity index is 512. The van der Waals surface area contributed by atoms with E-state index in [1.54, 1.807) is 0 Å². The highest BCUT2D eigenvalue weighted by atomic mass is 32.2. The molecule has 1 unspecified atom stereocenters. The van der Waals surface area contributed by atoms with Crippen molar-refractivity contribution in [3.8, 4) is 0 Å². The fraction of sp³-hybridized carbons (Fsp3) is 0.273. The second kappa shape index (κ2) is 4.72. The molecule has 0 saturated carbocycles. The molecule has 0 radical (unpaired) electrons. The van der Waals surface area contributed by atoms with E-state index >= 15 is 0 Å². The monoisotopic (exact) mass is 277 g/mol. The van der Waals surface area contributed by atoms with E-state index in [2.05, 4.69) is 4.99 Å². The Balaban J connectivity index is 2.24. The summed E-state index contributed by atoms with van der Waals surface area (Å²) in [6.07, 6.45) is -3.66. The summed E-state index contributed by atoms with van der Waals surface area (Å²) >= 11 is 0.873. The van der Waals surface area contributed by atoms with Gasteiger partial charge in [0.15, 0.2) is 0 Å². The molecule has 0 spiro atoms. The lowest BCUT2D eigenvalue weighted by molar-refractivity contribution is -0.140. The summed E-state index contributed by atoms with van der Waals surface area (Å²) in [7, 11) is 0. The maximum absolute atomic E-state index is 13.7. The lowest BCUT2D eigenvalue weighted by Gasteiger charge is -2.12. The zero-order chi connectivity index (χ0) is 13.3. The summed E-state index contributed by atoms with van der Waals surface area (Å²) in [5.74, 6) is -1.29. The van der Waals surface area contributed by atoms with Gasteiger partial charge < -0.3 is 0 Å². The summed E-state index contributed by atoms with van der Waals surface area (Å²) in [5, 5.41) is -0.817. The standard InChI is InChI=1S/C11H7F4NOS/c12-10-6(4-8-16-5-9(17)18-8)2-1-3-7(10)11(13,14)15/h1-3,5,8H,4H2. The molecule has 96 valence electrons. The van der Waals surface area contributed by atoms with Crippen molar-refractivity contribution in [1.29, 1.82) is 0 Å². The molecular weight excluding hydrogens is 270 g/mol. The first-order valence-electron chi connectivity index (χ1n) is 4.96. The average molecular weight is 277 g/mol. The van der Waals surface area contributed by atoms with E-state index in [-0.39, 0.29) is 17.1 Å². The Labute approximate surface area is 104 Å². The molecule has 0 amide bonds. The molecule has 1 heterocycles. The molecule has 0 aliphatic carbocycles. The Morgan fingerprint density at radius 3 is 2.61 bits per heavy atom. The van der Waals surface area contributed by atoms with Crippen molar-refractivity contribution in [3.63, 3.8) is 0 Å². The third-order valence-electron chi connectivity index (χ3n) is 2.38. The number of carbonyl (C=O) groups excluding carboxylic acids is 1. The number of nitrogens with zero attached hydrogens (tertiary/aromatic N) is 1. The zero-order valence-electron chi connectivity index (χ0n) is 8.87. The Hall–Kier alpha value is -1.37. The molecule has 1 aliphatic rings. The highest BCUT2D eigenvalue weighted by molar-refractivity contribution is 8.16. The van der Waals surface area contributed by atoms with Gasteiger partial charge in [0.05, 0.1) is 11.8 Å². The van der Waals surface area contributed by atoms with E-state index in [0.29, 0.717) is 6.07 Å². The van der Waals surface area contributed by atoms with Crippen LogP contribution in [0.15, 0.2) is 23.2 Å². The van der Waals surface area contributed by atoms with Gasteiger partial charge in [-0.25, -0.2) is 4.39 Å². The van der Waals surface area contributed by atoms with Crippen molar-refractivity contribution in [2.45, 2.75) is 18.0 Å². The maximum atomic E-state index is 13.7. The fourth-order valence-corrected chi connectivity index (χ4v) is 2.35. The minimum Gasteiger partial charge on any atom is -0.280 e. The minimum absolute atomic E-state index is 0.0390. The van der Waals surface area contributed by atoms with Gasteiger partial charge in [-0.2, -0.15) is 13.2 Å². The van der Waals surface area contributed by atoms with Crippen molar-refractivity contribution in [2.75, 3.05) is 0 Å². The number of rotatable bonds is 2. The van der Waals surface area contributed by atoms with Gasteiger partial charge in [0.2, 0.25) is 5.12 Å². The highest BCUT2D eigenvalue weighted by Gasteiger charge is 2.35. The van der Waals surface area contributed by atoms with E-state index in [4.69, 9.17) is 0 Å². The topological polar surface area (TPSA) is 29.4 Å². The predicted molar refractivity (Wildman–Crippen MR) is 60.0 cm³/mol. The summed E-state index contributed by atoms with van der Waals surface area (Å²) in [6.45, 7) is 0. The molecule has 0 N–H and O–H groups in total. The molecule has 0 bridgehead atoms. The van der Waals surface area contributed by atoms with Crippen LogP contribution in [0.2, 0.25) is 0 Å². The van der Waals surface area contributed by atoms with Gasteiger partial charge in [-0.3, -0.25) is 9.79 Å². The molecular formula is C11H7F4NOS. The van der Waals surface area contributed by atoms with Crippen molar-refractivity contribution < 1.29 is 22.4 Å². The SMILES string of the molecule is O=C1C=NC(Cc2cccc(C(F)(F)F)c2F)S1. The Kier molecular flexibility index (Phi) is 3.43. The average Bonchev–Trinajstić information content (AvgIpc) is 2.65. The van der Waals surface area contributed by atoms with Crippen molar-refractivity contribution in [2.24, 2.45) is 4.99 Å². The van der Waals surface area contributed by atoms with Gasteiger partial charge in [-0.1, -0.05) is 23.9 Å². The molecule has 1 aromatic rings. The van der Waals surface area contributed by atoms with Crippen LogP contribution in [0.3, 0.4) is 0 Å². The van der Waals surface area contributed by atoms with Gasteiger partial charge in [-0.15, -0.1) is 0 Å². The third-order valence-corrected chi connectivity index (χ3v) is 3.28. The highest BCUT2D eigenvalue weighted by Crippen LogP contribution is 2.33. The molecule has 2 rings (SSSR count). The molecule has 1 aliphatic heterocycles. The van der Waals surface area contributed by atoms with Crippen LogP contribution in [0, 0.1) is 5.82 Å². The molecule has 2 nitrogen and oxygen atoms in total. The van der Waals surface area contributed by atoms with Crippen LogP contribution in [0.5, 0.6) is 0 Å². The number of benzene rings is 1. The van der Waals surface area contributed by atoms with Crippen molar-refractivity contribution in [1.82, 2.24) is 0 Å². The first kappa shape index (κ1) is 13.1. The summed E-state index contributed by atoms with van der Waals surface area (Å²) in [4.78, 5) is 14.7.